The number of carbonyl (C=O) groups is 2. The monoisotopic (exact) mass is 285 g/mol. The normalized spacial score (nSPS) is 14.2. The lowest BCUT2D eigenvalue weighted by Crippen LogP contribution is -2.37. The fourth-order valence-electron chi connectivity index (χ4n) is 1.83. The molecule has 1 fully saturated rings. The molecule has 0 spiro atoms. The van der Waals surface area contributed by atoms with E-state index in [1.165, 1.54) is 17.0 Å². The number of carboxylic acids is 1. The first-order valence-corrected chi connectivity index (χ1v) is 6.31. The van der Waals surface area contributed by atoms with E-state index in [2.05, 4.69) is 0 Å². The fourth-order valence-corrected chi connectivity index (χ4v) is 1.99. The summed E-state index contributed by atoms with van der Waals surface area (Å²) in [7, 11) is 0. The summed E-state index contributed by atoms with van der Waals surface area (Å²) in [5, 5.41) is 9.01. The molecular weight excluding hydrogens is 273 g/mol. The van der Waals surface area contributed by atoms with Crippen molar-refractivity contribution < 1.29 is 19.1 Å². The first-order chi connectivity index (χ1) is 8.97. The van der Waals surface area contributed by atoms with Crippen molar-refractivity contribution in [3.63, 3.8) is 0 Å². The number of nitrogens with zero attached hydrogens (tertiary/aromatic N) is 1. The van der Waals surface area contributed by atoms with E-state index < -0.39 is 24.2 Å². The number of benzene rings is 1. The van der Waals surface area contributed by atoms with Gasteiger partial charge in [0.15, 0.2) is 0 Å². The van der Waals surface area contributed by atoms with Crippen LogP contribution in [0.2, 0.25) is 5.02 Å². The highest BCUT2D eigenvalue weighted by molar-refractivity contribution is 6.30. The number of hydrogen-bond donors (Lipinski definition) is 1. The van der Waals surface area contributed by atoms with Crippen molar-refractivity contribution in [3.8, 4) is 0 Å². The van der Waals surface area contributed by atoms with Gasteiger partial charge in [-0.3, -0.25) is 9.59 Å². The minimum Gasteiger partial charge on any atom is -0.480 e. The Kier molecular flexibility index (Phi) is 4.04. The molecule has 1 aromatic carbocycles. The van der Waals surface area contributed by atoms with Crippen molar-refractivity contribution in [2.75, 3.05) is 13.1 Å². The average Bonchev–Trinajstić information content (AvgIpc) is 3.10. The molecular formula is C13H13ClFNO3. The summed E-state index contributed by atoms with van der Waals surface area (Å²) < 4.78 is 13.7. The topological polar surface area (TPSA) is 57.6 Å². The number of halogens is 2. The van der Waals surface area contributed by atoms with E-state index in [1.807, 2.05) is 0 Å². The molecule has 0 bridgehead atoms. The number of rotatable bonds is 5. The highest BCUT2D eigenvalue weighted by Crippen LogP contribution is 2.30. The van der Waals surface area contributed by atoms with Crippen LogP contribution in [0, 0.1) is 11.7 Å². The van der Waals surface area contributed by atoms with E-state index in [4.69, 9.17) is 16.7 Å². The Balaban J connectivity index is 2.19. The molecule has 0 atom stereocenters. The smallest absolute Gasteiger partial charge is 0.323 e. The Hall–Kier alpha value is -1.62. The minimum absolute atomic E-state index is 0.147. The van der Waals surface area contributed by atoms with Crippen molar-refractivity contribution in [3.05, 3.63) is 34.6 Å². The summed E-state index contributed by atoms with van der Waals surface area (Å²) in [4.78, 5) is 24.1. The van der Waals surface area contributed by atoms with E-state index in [9.17, 15) is 14.0 Å². The number of aliphatic carboxylic acids is 1. The minimum atomic E-state index is -1.11. The van der Waals surface area contributed by atoms with Gasteiger partial charge in [-0.2, -0.15) is 0 Å². The number of amides is 1. The van der Waals surface area contributed by atoms with Crippen LogP contribution in [0.25, 0.3) is 0 Å². The summed E-state index contributed by atoms with van der Waals surface area (Å²) in [6.07, 6.45) is 1.96. The Labute approximate surface area is 114 Å². The van der Waals surface area contributed by atoms with E-state index in [-0.39, 0.29) is 10.6 Å². The molecule has 1 aliphatic rings. The second-order valence-corrected chi connectivity index (χ2v) is 5.08. The molecule has 6 heteroatoms. The summed E-state index contributed by atoms with van der Waals surface area (Å²) in [5.41, 5.74) is -0.147. The Morgan fingerprint density at radius 2 is 2.11 bits per heavy atom. The third kappa shape index (κ3) is 3.67. The number of hydrogen-bond acceptors (Lipinski definition) is 2. The van der Waals surface area contributed by atoms with Crippen LogP contribution in [0.1, 0.15) is 23.2 Å². The first kappa shape index (κ1) is 13.8. The predicted octanol–water partition coefficient (Wildman–Crippen LogP) is 2.42. The van der Waals surface area contributed by atoms with Crippen LogP contribution in [0.5, 0.6) is 0 Å². The molecule has 4 nitrogen and oxygen atoms in total. The van der Waals surface area contributed by atoms with E-state index in [0.29, 0.717) is 12.5 Å². The Morgan fingerprint density at radius 3 is 2.63 bits per heavy atom. The van der Waals surface area contributed by atoms with Crippen LogP contribution in [-0.2, 0) is 4.79 Å². The third-order valence-corrected chi connectivity index (χ3v) is 3.19. The molecule has 0 radical (unpaired) electrons. The van der Waals surface area contributed by atoms with Gasteiger partial charge in [0.2, 0.25) is 0 Å². The molecule has 19 heavy (non-hydrogen) atoms. The quantitative estimate of drug-likeness (QED) is 0.904. The van der Waals surface area contributed by atoms with Gasteiger partial charge in [-0.25, -0.2) is 4.39 Å². The van der Waals surface area contributed by atoms with Crippen molar-refractivity contribution in [2.45, 2.75) is 12.8 Å². The highest BCUT2D eigenvalue weighted by Gasteiger charge is 2.29. The van der Waals surface area contributed by atoms with Gasteiger partial charge in [0.1, 0.15) is 12.4 Å². The van der Waals surface area contributed by atoms with Crippen LogP contribution in [0.15, 0.2) is 18.2 Å². The van der Waals surface area contributed by atoms with Gasteiger partial charge in [-0.1, -0.05) is 11.6 Å². The van der Waals surface area contributed by atoms with Gasteiger partial charge in [-0.15, -0.1) is 0 Å². The molecule has 1 amide bonds. The van der Waals surface area contributed by atoms with Crippen LogP contribution < -0.4 is 0 Å². The standard InChI is InChI=1S/C13H13ClFNO3/c14-9-3-4-10(11(15)5-9)13(19)16(7-12(17)18)6-8-1-2-8/h3-5,8H,1-2,6-7H2,(H,17,18). The van der Waals surface area contributed by atoms with E-state index in [0.717, 1.165) is 18.9 Å². The van der Waals surface area contributed by atoms with Gasteiger partial charge in [-0.05, 0) is 37.0 Å². The second kappa shape index (κ2) is 5.57. The van der Waals surface area contributed by atoms with Gasteiger partial charge in [0.05, 0.1) is 5.56 Å². The van der Waals surface area contributed by atoms with E-state index >= 15 is 0 Å². The maximum atomic E-state index is 13.7. The number of carbonyl (C=O) groups excluding carboxylic acids is 1. The molecule has 1 aromatic rings. The molecule has 0 unspecified atom stereocenters. The molecule has 1 aliphatic carbocycles. The van der Waals surface area contributed by atoms with Gasteiger partial charge < -0.3 is 10.0 Å². The Morgan fingerprint density at radius 1 is 1.42 bits per heavy atom. The third-order valence-electron chi connectivity index (χ3n) is 2.95. The van der Waals surface area contributed by atoms with Crippen molar-refractivity contribution in [1.29, 1.82) is 0 Å². The van der Waals surface area contributed by atoms with Gasteiger partial charge in [0.25, 0.3) is 5.91 Å². The lowest BCUT2D eigenvalue weighted by molar-refractivity contribution is -0.137. The van der Waals surface area contributed by atoms with Crippen LogP contribution in [0.3, 0.4) is 0 Å². The van der Waals surface area contributed by atoms with Crippen molar-refractivity contribution >= 4 is 23.5 Å². The fraction of sp³-hybridized carbons (Fsp3) is 0.385. The molecule has 102 valence electrons. The van der Waals surface area contributed by atoms with Crippen LogP contribution in [0.4, 0.5) is 4.39 Å². The van der Waals surface area contributed by atoms with E-state index in [1.54, 1.807) is 0 Å². The first-order valence-electron chi connectivity index (χ1n) is 5.93. The average molecular weight is 286 g/mol. The summed E-state index contributed by atoms with van der Waals surface area (Å²) >= 11 is 5.62. The van der Waals surface area contributed by atoms with Crippen LogP contribution >= 0.6 is 11.6 Å². The molecule has 0 aromatic heterocycles. The molecule has 1 N–H and O–H groups in total. The lowest BCUT2D eigenvalue weighted by atomic mass is 10.1. The molecule has 2 rings (SSSR count). The van der Waals surface area contributed by atoms with Crippen LogP contribution in [-0.4, -0.2) is 35.0 Å². The maximum absolute atomic E-state index is 13.7. The van der Waals surface area contributed by atoms with Crippen molar-refractivity contribution in [1.82, 2.24) is 4.90 Å². The van der Waals surface area contributed by atoms with Gasteiger partial charge >= 0.3 is 5.97 Å². The predicted molar refractivity (Wildman–Crippen MR) is 67.7 cm³/mol. The SMILES string of the molecule is O=C(O)CN(CC1CC1)C(=O)c1ccc(Cl)cc1F. The second-order valence-electron chi connectivity index (χ2n) is 4.65. The Bertz CT molecular complexity index is 517. The molecule has 1 saturated carbocycles. The largest absolute Gasteiger partial charge is 0.480 e. The van der Waals surface area contributed by atoms with Gasteiger partial charge in [0, 0.05) is 11.6 Å². The maximum Gasteiger partial charge on any atom is 0.323 e. The summed E-state index contributed by atoms with van der Waals surface area (Å²) in [6.45, 7) is -0.0649. The summed E-state index contributed by atoms with van der Waals surface area (Å²) in [6, 6.07) is 3.74. The lowest BCUT2D eigenvalue weighted by Gasteiger charge is -2.20. The van der Waals surface area contributed by atoms with Crippen molar-refractivity contribution in [2.24, 2.45) is 5.92 Å². The molecule has 0 aliphatic heterocycles. The summed E-state index contributed by atoms with van der Waals surface area (Å²) in [5.74, 6) is -2.12. The number of carboxylic acid groups (broad SMARTS) is 1. The zero-order valence-electron chi connectivity index (χ0n) is 10.1. The zero-order chi connectivity index (χ0) is 14.0. The highest BCUT2D eigenvalue weighted by atomic mass is 35.5. The zero-order valence-corrected chi connectivity index (χ0v) is 10.9. The molecule has 0 heterocycles. The molecule has 0 saturated heterocycles.